The van der Waals surface area contributed by atoms with Crippen LogP contribution in [0.15, 0.2) is 24.3 Å². The molecule has 1 N–H and O–H groups in total. The average Bonchev–Trinajstić information content (AvgIpc) is 2.49. The van der Waals surface area contributed by atoms with E-state index in [0.717, 1.165) is 11.1 Å². The molecule has 2 rings (SSSR count). The van der Waals surface area contributed by atoms with Crippen molar-refractivity contribution in [2.75, 3.05) is 19.5 Å². The highest BCUT2D eigenvalue weighted by Gasteiger charge is 2.22. The van der Waals surface area contributed by atoms with Gasteiger partial charge in [0.15, 0.2) is 5.69 Å². The molecule has 0 bridgehead atoms. The summed E-state index contributed by atoms with van der Waals surface area (Å²) in [6.45, 7) is 3.89. The third-order valence-electron chi connectivity index (χ3n) is 3.46. The van der Waals surface area contributed by atoms with E-state index >= 15 is 0 Å². The van der Waals surface area contributed by atoms with E-state index in [9.17, 15) is 10.1 Å². The van der Waals surface area contributed by atoms with Crippen LogP contribution in [0.4, 0.5) is 11.5 Å². The monoisotopic (exact) mass is 287 g/mol. The Labute approximate surface area is 122 Å². The molecule has 1 heterocycles. The van der Waals surface area contributed by atoms with E-state index in [1.807, 2.05) is 19.9 Å². The molecule has 6 nitrogen and oxygen atoms in total. The van der Waals surface area contributed by atoms with E-state index in [2.05, 4.69) is 10.3 Å². The molecule has 0 amide bonds. The van der Waals surface area contributed by atoms with Gasteiger partial charge in [-0.15, -0.1) is 0 Å². The van der Waals surface area contributed by atoms with E-state index in [4.69, 9.17) is 4.74 Å². The van der Waals surface area contributed by atoms with Crippen LogP contribution in [0.25, 0.3) is 11.3 Å². The van der Waals surface area contributed by atoms with Crippen molar-refractivity contribution in [2.24, 2.45) is 0 Å². The van der Waals surface area contributed by atoms with Gasteiger partial charge in [-0.1, -0.05) is 6.07 Å². The highest BCUT2D eigenvalue weighted by Crippen LogP contribution is 2.38. The van der Waals surface area contributed by atoms with Crippen LogP contribution in [-0.4, -0.2) is 24.1 Å². The second-order valence-electron chi connectivity index (χ2n) is 4.66. The molecule has 0 aliphatic rings. The van der Waals surface area contributed by atoms with Crippen LogP contribution in [0.2, 0.25) is 0 Å². The number of nitrogens with zero attached hydrogens (tertiary/aromatic N) is 2. The van der Waals surface area contributed by atoms with Crippen molar-refractivity contribution in [2.45, 2.75) is 13.8 Å². The number of rotatable bonds is 4. The number of nitrogens with one attached hydrogen (secondary N) is 1. The highest BCUT2D eigenvalue weighted by molar-refractivity contribution is 5.78. The second kappa shape index (κ2) is 5.78. The van der Waals surface area contributed by atoms with E-state index in [0.29, 0.717) is 22.8 Å². The zero-order valence-corrected chi connectivity index (χ0v) is 12.4. The summed E-state index contributed by atoms with van der Waals surface area (Å²) in [4.78, 5) is 15.1. The number of methoxy groups -OCH3 is 1. The van der Waals surface area contributed by atoms with Gasteiger partial charge in [-0.25, -0.2) is 4.98 Å². The summed E-state index contributed by atoms with van der Waals surface area (Å²) in [6, 6.07) is 6.73. The van der Waals surface area contributed by atoms with Crippen LogP contribution in [-0.2, 0) is 0 Å². The molecular weight excluding hydrogens is 270 g/mol. The summed E-state index contributed by atoms with van der Waals surface area (Å²) >= 11 is 0. The number of benzene rings is 1. The van der Waals surface area contributed by atoms with Gasteiger partial charge in [0, 0.05) is 18.7 Å². The Kier molecular flexibility index (Phi) is 4.07. The fraction of sp³-hybridized carbons (Fsp3) is 0.267. The van der Waals surface area contributed by atoms with Gasteiger partial charge in [-0.3, -0.25) is 10.1 Å². The summed E-state index contributed by atoms with van der Waals surface area (Å²) in [5.74, 6) is 1.18. The molecule has 6 heteroatoms. The van der Waals surface area contributed by atoms with Crippen molar-refractivity contribution in [3.63, 3.8) is 0 Å². The second-order valence-corrected chi connectivity index (χ2v) is 4.66. The van der Waals surface area contributed by atoms with Gasteiger partial charge in [0.2, 0.25) is 0 Å². The number of aromatic nitrogens is 1. The fourth-order valence-corrected chi connectivity index (χ4v) is 2.18. The molecule has 0 aliphatic heterocycles. The zero-order valence-electron chi connectivity index (χ0n) is 12.4. The number of nitro groups is 1. The lowest BCUT2D eigenvalue weighted by Gasteiger charge is -2.13. The van der Waals surface area contributed by atoms with Crippen molar-refractivity contribution < 1.29 is 9.66 Å². The molecule has 0 unspecified atom stereocenters. The molecule has 2 aromatic rings. The van der Waals surface area contributed by atoms with Gasteiger partial charge in [0.25, 0.3) is 5.69 Å². The van der Waals surface area contributed by atoms with Crippen LogP contribution < -0.4 is 10.1 Å². The van der Waals surface area contributed by atoms with Gasteiger partial charge in [0.05, 0.1) is 12.0 Å². The van der Waals surface area contributed by atoms with E-state index in [1.54, 1.807) is 26.3 Å². The number of pyridine rings is 1. The van der Waals surface area contributed by atoms with Crippen molar-refractivity contribution in [3.8, 4) is 17.0 Å². The summed E-state index contributed by atoms with van der Waals surface area (Å²) in [5.41, 5.74) is 2.87. The molecule has 0 aliphatic carbocycles. The predicted octanol–water partition coefficient (Wildman–Crippen LogP) is 3.32. The molecule has 1 aromatic carbocycles. The minimum Gasteiger partial charge on any atom is -0.496 e. The maximum Gasteiger partial charge on any atom is 0.295 e. The third-order valence-corrected chi connectivity index (χ3v) is 3.46. The summed E-state index contributed by atoms with van der Waals surface area (Å²) in [7, 11) is 3.27. The van der Waals surface area contributed by atoms with Crippen LogP contribution in [0.5, 0.6) is 5.75 Å². The maximum atomic E-state index is 11.3. The van der Waals surface area contributed by atoms with Gasteiger partial charge in [-0.05, 0) is 37.1 Å². The fourth-order valence-electron chi connectivity index (χ4n) is 2.18. The lowest BCUT2D eigenvalue weighted by atomic mass is 10.0. The van der Waals surface area contributed by atoms with Gasteiger partial charge >= 0.3 is 0 Å². The molecule has 0 radical (unpaired) electrons. The van der Waals surface area contributed by atoms with Crippen LogP contribution in [0.3, 0.4) is 0 Å². The molecular formula is C15H17N3O3. The average molecular weight is 287 g/mol. The van der Waals surface area contributed by atoms with Crippen LogP contribution in [0.1, 0.15) is 11.1 Å². The first-order valence-electron chi connectivity index (χ1n) is 6.47. The quantitative estimate of drug-likeness (QED) is 0.689. The molecule has 110 valence electrons. The first-order valence-corrected chi connectivity index (χ1v) is 6.47. The van der Waals surface area contributed by atoms with Gasteiger partial charge in [-0.2, -0.15) is 0 Å². The minimum absolute atomic E-state index is 0.0458. The number of aryl methyl sites for hydroxylation is 1. The van der Waals surface area contributed by atoms with Gasteiger partial charge in [0.1, 0.15) is 11.6 Å². The number of ether oxygens (including phenoxy) is 1. The minimum atomic E-state index is -0.434. The molecule has 21 heavy (non-hydrogen) atoms. The third kappa shape index (κ3) is 2.65. The molecule has 0 saturated heterocycles. The van der Waals surface area contributed by atoms with Crippen molar-refractivity contribution in [3.05, 3.63) is 45.5 Å². The number of hydrogen-bond donors (Lipinski definition) is 1. The largest absolute Gasteiger partial charge is 0.496 e. The van der Waals surface area contributed by atoms with Crippen molar-refractivity contribution >= 4 is 11.5 Å². The summed E-state index contributed by atoms with van der Waals surface area (Å²) < 4.78 is 5.44. The van der Waals surface area contributed by atoms with E-state index in [-0.39, 0.29) is 5.69 Å². The lowest BCUT2D eigenvalue weighted by Crippen LogP contribution is -2.01. The van der Waals surface area contributed by atoms with Crippen molar-refractivity contribution in [1.82, 2.24) is 4.98 Å². The molecule has 1 aromatic heterocycles. The molecule has 0 fully saturated rings. The van der Waals surface area contributed by atoms with Gasteiger partial charge < -0.3 is 10.1 Å². The number of anilines is 1. The highest BCUT2D eigenvalue weighted by atomic mass is 16.6. The Hall–Kier alpha value is -2.63. The topological polar surface area (TPSA) is 77.3 Å². The summed E-state index contributed by atoms with van der Waals surface area (Å²) in [6.07, 6.45) is 0. The van der Waals surface area contributed by atoms with E-state index < -0.39 is 4.92 Å². The summed E-state index contributed by atoms with van der Waals surface area (Å²) in [5, 5.41) is 14.1. The lowest BCUT2D eigenvalue weighted by molar-refractivity contribution is -0.384. The Morgan fingerprint density at radius 2 is 1.95 bits per heavy atom. The molecule has 0 spiro atoms. The predicted molar refractivity (Wildman–Crippen MR) is 81.9 cm³/mol. The standard InChI is InChI=1S/C15H17N3O3/c1-9-5-6-11(15(21-4)10(9)2)14-12(18(19)20)7-8-13(16-3)17-14/h5-8H,1-4H3,(H,16,17). The smallest absolute Gasteiger partial charge is 0.295 e. The van der Waals surface area contributed by atoms with Crippen LogP contribution >= 0.6 is 0 Å². The van der Waals surface area contributed by atoms with Crippen molar-refractivity contribution in [1.29, 1.82) is 0 Å². The molecule has 0 saturated carbocycles. The Morgan fingerprint density at radius 1 is 1.24 bits per heavy atom. The maximum absolute atomic E-state index is 11.3. The number of hydrogen-bond acceptors (Lipinski definition) is 5. The SMILES string of the molecule is CNc1ccc([N+](=O)[O-])c(-c2ccc(C)c(C)c2OC)n1. The zero-order chi connectivity index (χ0) is 15.6. The Morgan fingerprint density at radius 3 is 2.52 bits per heavy atom. The molecule has 0 atom stereocenters. The van der Waals surface area contributed by atoms with Crippen LogP contribution in [0, 0.1) is 24.0 Å². The first-order chi connectivity index (χ1) is 9.99. The Balaban J connectivity index is 2.76. The first kappa shape index (κ1) is 14.8. The van der Waals surface area contributed by atoms with E-state index in [1.165, 1.54) is 6.07 Å². The Bertz CT molecular complexity index is 699. The normalized spacial score (nSPS) is 10.3.